The van der Waals surface area contributed by atoms with E-state index in [-0.39, 0.29) is 47.7 Å². The molecule has 14 nitrogen and oxygen atoms in total. The number of benzene rings is 4. The van der Waals surface area contributed by atoms with Gasteiger partial charge in [-0.15, -0.1) is 0 Å². The molecule has 2 aliphatic heterocycles. The number of hydrogen-bond donors (Lipinski definition) is 0. The van der Waals surface area contributed by atoms with E-state index in [0.29, 0.717) is 46.8 Å². The van der Waals surface area contributed by atoms with Gasteiger partial charge in [0.15, 0.2) is 0 Å². The van der Waals surface area contributed by atoms with Crippen LogP contribution in [0.15, 0.2) is 94.7 Å². The number of esters is 2. The molecule has 68 heavy (non-hydrogen) atoms. The number of aryl methyl sites for hydroxylation is 2. The highest BCUT2D eigenvalue weighted by Gasteiger charge is 2.49. The monoisotopic (exact) mass is 964 g/mol. The lowest BCUT2D eigenvalue weighted by Crippen LogP contribution is -2.44. The van der Waals surface area contributed by atoms with Gasteiger partial charge in [-0.2, -0.15) is 10.5 Å². The van der Waals surface area contributed by atoms with Crippen molar-refractivity contribution in [3.05, 3.63) is 107 Å². The minimum absolute atomic E-state index is 0.0178. The van der Waals surface area contributed by atoms with Gasteiger partial charge in [-0.05, 0) is 141 Å². The molecule has 0 saturated heterocycles. The van der Waals surface area contributed by atoms with Crippen LogP contribution in [-0.2, 0) is 52.0 Å². The molecule has 2 atom stereocenters. The Balaban J connectivity index is 0.000000201. The molecule has 0 amide bonds. The predicted octanol–water partition coefficient (Wildman–Crippen LogP) is 9.06. The van der Waals surface area contributed by atoms with Gasteiger partial charge in [0.2, 0.25) is 0 Å². The van der Waals surface area contributed by atoms with E-state index in [9.17, 15) is 36.9 Å². The normalized spacial score (nSPS) is 18.9. The number of carbonyl (C=O) groups is 2. The molecule has 2 aliphatic carbocycles. The molecule has 0 aromatic heterocycles. The van der Waals surface area contributed by atoms with Crippen molar-refractivity contribution in [2.24, 2.45) is 10.8 Å². The maximum atomic E-state index is 13.7. The number of hydrogen-bond acceptors (Lipinski definition) is 12. The fraction of sp³-hybridized carbons (Fsp3) is 0.462. The van der Waals surface area contributed by atoms with E-state index < -0.39 is 54.3 Å². The van der Waals surface area contributed by atoms with Gasteiger partial charge in [-0.3, -0.25) is 18.2 Å². The summed E-state index contributed by atoms with van der Waals surface area (Å²) in [6, 6.07) is 28.4. The third-order valence-electron chi connectivity index (χ3n) is 12.1. The van der Waals surface area contributed by atoms with Crippen molar-refractivity contribution in [3.8, 4) is 23.6 Å². The third-order valence-corrected chi connectivity index (χ3v) is 15.7. The number of nitrogens with zero attached hydrogens (tertiary/aromatic N) is 4. The molecule has 2 fully saturated rings. The summed E-state index contributed by atoms with van der Waals surface area (Å²) in [5, 5.41) is 19.1. The lowest BCUT2D eigenvalue weighted by molar-refractivity contribution is -0.155. The van der Waals surface area contributed by atoms with Crippen LogP contribution >= 0.6 is 0 Å². The summed E-state index contributed by atoms with van der Waals surface area (Å²) < 4.78 is 80.6. The molecule has 2 heterocycles. The molecule has 4 aromatic rings. The van der Waals surface area contributed by atoms with E-state index in [1.54, 1.807) is 126 Å². The highest BCUT2D eigenvalue weighted by Crippen LogP contribution is 2.52. The minimum Gasteiger partial charge on any atom is -0.486 e. The smallest absolute Gasteiger partial charge is 0.310 e. The predicted molar refractivity (Wildman–Crippen MR) is 256 cm³/mol. The molecule has 4 aromatic carbocycles. The van der Waals surface area contributed by atoms with Crippen molar-refractivity contribution >= 4 is 43.4 Å². The Morgan fingerprint density at radius 1 is 0.603 bits per heavy atom. The van der Waals surface area contributed by atoms with Crippen LogP contribution in [0.5, 0.6) is 11.5 Å². The number of ether oxygens (including phenoxy) is 4. The van der Waals surface area contributed by atoms with Gasteiger partial charge in [0, 0.05) is 12.8 Å². The van der Waals surface area contributed by atoms with E-state index in [1.165, 1.54) is 8.61 Å². The Bertz CT molecular complexity index is 2670. The molecular formula is C52H60N4O10S2. The summed E-state index contributed by atoms with van der Waals surface area (Å²) in [6.45, 7) is 14.8. The zero-order valence-electron chi connectivity index (χ0n) is 40.0. The lowest BCUT2D eigenvalue weighted by atomic mass is 9.99. The maximum Gasteiger partial charge on any atom is 0.310 e. The molecule has 360 valence electrons. The molecule has 4 aliphatic rings. The van der Waals surface area contributed by atoms with Gasteiger partial charge in [-0.25, -0.2) is 16.8 Å². The summed E-state index contributed by atoms with van der Waals surface area (Å²) in [4.78, 5) is 25.1. The Hall–Kier alpha value is -6.10. The van der Waals surface area contributed by atoms with Crippen LogP contribution in [0, 0.1) is 47.3 Å². The number of fused-ring (bicyclic) bond motifs is 2. The van der Waals surface area contributed by atoms with Crippen LogP contribution in [0.3, 0.4) is 0 Å². The van der Waals surface area contributed by atoms with Gasteiger partial charge >= 0.3 is 11.9 Å². The van der Waals surface area contributed by atoms with E-state index in [4.69, 9.17) is 18.9 Å². The van der Waals surface area contributed by atoms with Crippen molar-refractivity contribution in [3.63, 3.8) is 0 Å². The zero-order chi connectivity index (χ0) is 49.5. The van der Waals surface area contributed by atoms with Crippen LogP contribution in [0.1, 0.15) is 102 Å². The Morgan fingerprint density at radius 2 is 0.941 bits per heavy atom. The molecule has 0 bridgehead atoms. The summed E-state index contributed by atoms with van der Waals surface area (Å²) in [5.41, 5.74) is 1.89. The van der Waals surface area contributed by atoms with Crippen LogP contribution < -0.4 is 18.1 Å². The molecule has 0 N–H and O–H groups in total. The molecule has 8 rings (SSSR count). The summed E-state index contributed by atoms with van der Waals surface area (Å²) in [7, 11) is -7.77. The fourth-order valence-corrected chi connectivity index (χ4v) is 11.3. The standard InChI is InChI=1S/2C26H30N2O5S/c2*1-18-5-8-21(9-6-18)34(30,31)28-16-20(15-26(17-27)11-12-26)32-23-10-7-19(13-22(23)28)14-24(29)33-25(2,3)4/h2*5-10,13,20H,11-12,14-16H2,1-4H3/t2*20-/m10/s1. The zero-order valence-corrected chi connectivity index (χ0v) is 41.6. The quantitative estimate of drug-likeness (QED) is 0.123. The second-order valence-corrected chi connectivity index (χ2v) is 24.2. The number of nitriles is 2. The first-order chi connectivity index (χ1) is 31.8. The Morgan fingerprint density at radius 3 is 1.24 bits per heavy atom. The number of sulfonamides is 2. The van der Waals surface area contributed by atoms with E-state index in [0.717, 1.165) is 36.8 Å². The maximum absolute atomic E-state index is 13.7. The topological polar surface area (TPSA) is 193 Å². The second-order valence-electron chi connectivity index (χ2n) is 20.5. The second kappa shape index (κ2) is 18.8. The molecular weight excluding hydrogens is 905 g/mol. The SMILES string of the molecule is Cc1ccc(S(=O)(=O)N2C[C@@H](CC3(C#N)CC3)Oc3ccc(CC(=O)OC(C)(C)C)cc32)cc1.Cc1ccc(S(=O)(=O)N2C[C@H](CC3(C#N)CC3)Oc3ccc(CC(=O)OC(C)(C)C)cc32)cc1. The Labute approximate surface area is 400 Å². The van der Waals surface area contributed by atoms with Gasteiger partial charge < -0.3 is 18.9 Å². The van der Waals surface area contributed by atoms with E-state index >= 15 is 0 Å². The summed E-state index contributed by atoms with van der Waals surface area (Å²) in [5.74, 6) is 0.0709. The third kappa shape index (κ3) is 11.9. The van der Waals surface area contributed by atoms with Crippen LogP contribution in [0.4, 0.5) is 11.4 Å². The molecule has 0 unspecified atom stereocenters. The van der Waals surface area contributed by atoms with Gasteiger partial charge in [0.1, 0.15) is 34.9 Å². The molecule has 0 radical (unpaired) electrons. The van der Waals surface area contributed by atoms with E-state index in [1.807, 2.05) is 13.8 Å². The lowest BCUT2D eigenvalue weighted by Gasteiger charge is -2.36. The van der Waals surface area contributed by atoms with Crippen LogP contribution in [0.25, 0.3) is 0 Å². The first-order valence-corrected chi connectivity index (χ1v) is 25.7. The van der Waals surface area contributed by atoms with Gasteiger partial charge in [0.05, 0.1) is 70.1 Å². The van der Waals surface area contributed by atoms with E-state index in [2.05, 4.69) is 12.1 Å². The molecule has 2 saturated carbocycles. The summed E-state index contributed by atoms with van der Waals surface area (Å²) in [6.07, 6.45) is 3.31. The van der Waals surface area contributed by atoms with Crippen molar-refractivity contribution in [1.29, 1.82) is 10.5 Å². The highest BCUT2D eigenvalue weighted by atomic mass is 32.2. The average molecular weight is 965 g/mol. The first-order valence-electron chi connectivity index (χ1n) is 22.9. The van der Waals surface area contributed by atoms with Gasteiger partial charge in [-0.1, -0.05) is 47.5 Å². The van der Waals surface area contributed by atoms with Crippen LogP contribution in [-0.4, -0.2) is 65.3 Å². The Kier molecular flexibility index (Phi) is 13.7. The number of carbonyl (C=O) groups excluding carboxylic acids is 2. The van der Waals surface area contributed by atoms with Crippen molar-refractivity contribution in [1.82, 2.24) is 0 Å². The molecule has 0 spiro atoms. The number of rotatable bonds is 12. The first kappa shape index (κ1) is 49.8. The van der Waals surface area contributed by atoms with Crippen molar-refractivity contribution in [2.75, 3.05) is 21.7 Å². The van der Waals surface area contributed by atoms with Crippen molar-refractivity contribution < 1.29 is 45.4 Å². The molecule has 16 heteroatoms. The number of anilines is 2. The highest BCUT2D eigenvalue weighted by molar-refractivity contribution is 7.93. The summed E-state index contributed by atoms with van der Waals surface area (Å²) >= 11 is 0. The minimum atomic E-state index is -3.89. The van der Waals surface area contributed by atoms with Gasteiger partial charge in [0.25, 0.3) is 20.0 Å². The van der Waals surface area contributed by atoms with Crippen LogP contribution in [0.2, 0.25) is 0 Å². The average Bonchev–Trinajstić information content (AvgIpc) is 4.20. The largest absolute Gasteiger partial charge is 0.486 e. The fourth-order valence-electron chi connectivity index (χ4n) is 8.26. The van der Waals surface area contributed by atoms with Crippen molar-refractivity contribution in [2.45, 2.75) is 140 Å².